The number of hydrogen-bond acceptors (Lipinski definition) is 6. The number of halogens is 6. The number of allylic oxidation sites excluding steroid dienone is 1. The highest BCUT2D eigenvalue weighted by Gasteiger charge is 2.32. The second-order valence-corrected chi connectivity index (χ2v) is 8.16. The van der Waals surface area contributed by atoms with E-state index in [-0.39, 0.29) is 23.0 Å². The summed E-state index contributed by atoms with van der Waals surface area (Å²) in [5.41, 5.74) is 7.36. The summed E-state index contributed by atoms with van der Waals surface area (Å²) in [6.45, 7) is -1.17. The Morgan fingerprint density at radius 3 is 2.28 bits per heavy atom. The van der Waals surface area contributed by atoms with E-state index in [0.717, 1.165) is 5.56 Å². The van der Waals surface area contributed by atoms with Gasteiger partial charge in [-0.2, -0.15) is 14.0 Å². The van der Waals surface area contributed by atoms with Crippen molar-refractivity contribution in [2.45, 2.75) is 5.92 Å². The van der Waals surface area contributed by atoms with Crippen LogP contribution in [0.5, 0.6) is 17.2 Å². The minimum absolute atomic E-state index is 0.0983. The van der Waals surface area contributed by atoms with Crippen molar-refractivity contribution in [2.75, 3.05) is 6.61 Å². The summed E-state index contributed by atoms with van der Waals surface area (Å²) < 4.78 is 82.9. The Balaban J connectivity index is 1.56. The lowest BCUT2D eigenvalue weighted by Gasteiger charge is -2.27. The first-order chi connectivity index (χ1) is 17.1. The van der Waals surface area contributed by atoms with Crippen LogP contribution in [0.25, 0.3) is 0 Å². The van der Waals surface area contributed by atoms with Gasteiger partial charge in [0.1, 0.15) is 23.1 Å². The zero-order valence-electron chi connectivity index (χ0n) is 17.8. The van der Waals surface area contributed by atoms with Crippen molar-refractivity contribution in [2.24, 2.45) is 5.73 Å². The molecule has 0 spiro atoms. The monoisotopic (exact) mass is 566 g/mol. The fraction of sp³-hybridized carbons (Fsp3) is 0.0833. The predicted molar refractivity (Wildman–Crippen MR) is 117 cm³/mol. The number of carbonyl (C=O) groups excluding carboxylic acids is 1. The van der Waals surface area contributed by atoms with Crippen LogP contribution in [-0.4, -0.2) is 12.6 Å². The standard InChI is InChI=1S/C24H12BrF5N2O4/c25-14-4-2-1-3-11(14)17-12-6-5-10(7-15(12)36-24(32)13(17)8-31)35-16(33)9-34-23-21(29)19(27)18(26)20(28)22(23)30/h1-7,17H,9,32H2. The lowest BCUT2D eigenvalue weighted by Crippen LogP contribution is -2.22. The third kappa shape index (κ3) is 4.45. The average Bonchev–Trinajstić information content (AvgIpc) is 2.86. The molecule has 0 radical (unpaired) electrons. The molecule has 1 aliphatic heterocycles. The van der Waals surface area contributed by atoms with Gasteiger partial charge in [0.05, 0.1) is 5.92 Å². The predicted octanol–water partition coefficient (Wildman–Crippen LogP) is 5.35. The summed E-state index contributed by atoms with van der Waals surface area (Å²) in [4.78, 5) is 12.1. The summed E-state index contributed by atoms with van der Waals surface area (Å²) in [5, 5.41) is 9.64. The molecule has 6 nitrogen and oxygen atoms in total. The number of rotatable bonds is 5. The maximum atomic E-state index is 13.7. The molecule has 3 aromatic rings. The van der Waals surface area contributed by atoms with Crippen molar-refractivity contribution in [3.63, 3.8) is 0 Å². The third-order valence-electron chi connectivity index (χ3n) is 5.14. The fourth-order valence-corrected chi connectivity index (χ4v) is 4.05. The number of hydrogen-bond donors (Lipinski definition) is 1. The van der Waals surface area contributed by atoms with E-state index in [2.05, 4.69) is 20.7 Å². The number of carbonyl (C=O) groups is 1. The molecule has 3 aromatic carbocycles. The lowest BCUT2D eigenvalue weighted by molar-refractivity contribution is -0.136. The van der Waals surface area contributed by atoms with Crippen LogP contribution >= 0.6 is 15.9 Å². The van der Waals surface area contributed by atoms with Crippen LogP contribution in [0.1, 0.15) is 17.0 Å². The molecular formula is C24H12BrF5N2O4. The Hall–Kier alpha value is -4.11. The van der Waals surface area contributed by atoms with Crippen molar-refractivity contribution in [3.05, 3.63) is 98.6 Å². The first kappa shape index (κ1) is 25.0. The second kappa shape index (κ2) is 9.87. The van der Waals surface area contributed by atoms with Gasteiger partial charge in [-0.05, 0) is 17.7 Å². The Kier molecular flexibility index (Phi) is 6.85. The maximum absolute atomic E-state index is 13.7. The van der Waals surface area contributed by atoms with Crippen molar-refractivity contribution in [3.8, 4) is 23.3 Å². The molecule has 1 heterocycles. The Labute approximate surface area is 208 Å². The molecule has 2 N–H and O–H groups in total. The van der Waals surface area contributed by atoms with Crippen molar-refractivity contribution >= 4 is 21.9 Å². The number of nitrogens with zero attached hydrogens (tertiary/aromatic N) is 1. The number of esters is 1. The van der Waals surface area contributed by atoms with Gasteiger partial charge in [-0.1, -0.05) is 40.2 Å². The molecule has 0 bridgehead atoms. The number of fused-ring (bicyclic) bond motifs is 1. The van der Waals surface area contributed by atoms with Crippen molar-refractivity contribution < 1.29 is 41.0 Å². The van der Waals surface area contributed by atoms with Gasteiger partial charge in [-0.3, -0.25) is 0 Å². The average molecular weight is 567 g/mol. The van der Waals surface area contributed by atoms with Crippen molar-refractivity contribution in [1.29, 1.82) is 5.26 Å². The van der Waals surface area contributed by atoms with Crippen LogP contribution in [0.3, 0.4) is 0 Å². The fourth-order valence-electron chi connectivity index (χ4n) is 3.53. The number of ether oxygens (including phenoxy) is 3. The van der Waals surface area contributed by atoms with Crippen LogP contribution in [-0.2, 0) is 4.79 Å². The minimum atomic E-state index is -2.36. The molecule has 0 amide bonds. The van der Waals surface area contributed by atoms with Crippen LogP contribution in [0.15, 0.2) is 58.4 Å². The zero-order valence-corrected chi connectivity index (χ0v) is 19.3. The van der Waals surface area contributed by atoms with Gasteiger partial charge in [0.25, 0.3) is 0 Å². The first-order valence-corrected chi connectivity index (χ1v) is 10.7. The van der Waals surface area contributed by atoms with Crippen molar-refractivity contribution in [1.82, 2.24) is 0 Å². The molecule has 4 rings (SSSR count). The van der Waals surface area contributed by atoms with Gasteiger partial charge in [0.15, 0.2) is 12.4 Å². The molecule has 12 heteroatoms. The highest BCUT2D eigenvalue weighted by atomic mass is 79.9. The third-order valence-corrected chi connectivity index (χ3v) is 5.86. The highest BCUT2D eigenvalue weighted by Crippen LogP contribution is 2.45. The molecule has 0 saturated heterocycles. The van der Waals surface area contributed by atoms with E-state index in [9.17, 15) is 32.0 Å². The SMILES string of the molecule is N#CC1=C(N)Oc2cc(OC(=O)COc3c(F)c(F)c(F)c(F)c3F)ccc2C1c1ccccc1Br. The Bertz CT molecular complexity index is 1440. The molecule has 0 saturated carbocycles. The molecule has 0 fully saturated rings. The zero-order chi connectivity index (χ0) is 26.1. The normalized spacial score (nSPS) is 14.5. The van der Waals surface area contributed by atoms with E-state index in [1.165, 1.54) is 18.2 Å². The molecular weight excluding hydrogens is 555 g/mol. The van der Waals surface area contributed by atoms with Crippen LogP contribution < -0.4 is 19.9 Å². The summed E-state index contributed by atoms with van der Waals surface area (Å²) in [7, 11) is 0. The smallest absolute Gasteiger partial charge is 0.349 e. The Morgan fingerprint density at radius 1 is 1.00 bits per heavy atom. The molecule has 184 valence electrons. The topological polar surface area (TPSA) is 94.6 Å². The lowest BCUT2D eigenvalue weighted by atomic mass is 9.83. The van der Waals surface area contributed by atoms with E-state index >= 15 is 0 Å². The quantitative estimate of drug-likeness (QED) is 0.147. The number of nitrogens with two attached hydrogens (primary N) is 1. The molecule has 1 atom stereocenters. The minimum Gasteiger partial charge on any atom is -0.476 e. The summed E-state index contributed by atoms with van der Waals surface area (Å²) in [5.74, 6) is -14.8. The van der Waals surface area contributed by atoms with Gasteiger partial charge in [-0.15, -0.1) is 0 Å². The molecule has 36 heavy (non-hydrogen) atoms. The van der Waals surface area contributed by atoms with Gasteiger partial charge in [0, 0.05) is 16.1 Å². The van der Waals surface area contributed by atoms with E-state index < -0.39 is 53.3 Å². The largest absolute Gasteiger partial charge is 0.476 e. The van der Waals surface area contributed by atoms with Crippen LogP contribution in [0.4, 0.5) is 22.0 Å². The van der Waals surface area contributed by atoms with Crippen LogP contribution in [0, 0.1) is 40.4 Å². The van der Waals surface area contributed by atoms with E-state index in [1.54, 1.807) is 24.3 Å². The van der Waals surface area contributed by atoms with Gasteiger partial charge in [-0.25, -0.2) is 18.0 Å². The molecule has 0 aromatic heterocycles. The highest BCUT2D eigenvalue weighted by molar-refractivity contribution is 9.10. The van der Waals surface area contributed by atoms with E-state index in [1.807, 2.05) is 6.07 Å². The number of benzene rings is 3. The molecule has 1 aliphatic rings. The summed E-state index contributed by atoms with van der Waals surface area (Å²) in [6, 6.07) is 13.4. The van der Waals surface area contributed by atoms with Gasteiger partial charge < -0.3 is 19.9 Å². The van der Waals surface area contributed by atoms with E-state index in [4.69, 9.17) is 15.2 Å². The van der Waals surface area contributed by atoms with Gasteiger partial charge >= 0.3 is 5.97 Å². The molecule has 0 aliphatic carbocycles. The Morgan fingerprint density at radius 2 is 1.64 bits per heavy atom. The van der Waals surface area contributed by atoms with E-state index in [0.29, 0.717) is 10.0 Å². The second-order valence-electron chi connectivity index (χ2n) is 7.31. The first-order valence-electron chi connectivity index (χ1n) is 9.94. The number of nitriles is 1. The van der Waals surface area contributed by atoms with Crippen LogP contribution in [0.2, 0.25) is 0 Å². The maximum Gasteiger partial charge on any atom is 0.349 e. The summed E-state index contributed by atoms with van der Waals surface area (Å²) in [6.07, 6.45) is 0. The molecule has 1 unspecified atom stereocenters. The van der Waals surface area contributed by atoms with Gasteiger partial charge in [0.2, 0.25) is 35.0 Å². The summed E-state index contributed by atoms with van der Waals surface area (Å²) >= 11 is 3.45.